The standard InChI is InChI=1S/C22H25FN2O4/c1-28-17-5-6-18(23)16(12-17)13-24-9-3-7-22(14-24)8-10-25(15-22)21(27)20(26)19-4-2-11-29-19/h2,4-6,11-12H,3,7-10,13-15H2,1H3/t22-/m1/s1. The van der Waals surface area contributed by atoms with E-state index in [1.165, 1.54) is 18.4 Å². The van der Waals surface area contributed by atoms with Crippen LogP contribution in [0.1, 0.15) is 35.4 Å². The first-order chi connectivity index (χ1) is 14.0. The Hall–Kier alpha value is -2.67. The van der Waals surface area contributed by atoms with Crippen molar-refractivity contribution >= 4 is 11.7 Å². The number of halogens is 1. The molecule has 0 radical (unpaired) electrons. The number of piperidine rings is 1. The monoisotopic (exact) mass is 400 g/mol. The van der Waals surface area contributed by atoms with Crippen molar-refractivity contribution in [2.45, 2.75) is 25.8 Å². The van der Waals surface area contributed by atoms with E-state index in [2.05, 4.69) is 4.90 Å². The molecule has 3 heterocycles. The van der Waals surface area contributed by atoms with Gasteiger partial charge in [0, 0.05) is 37.2 Å². The number of Topliss-reactive ketones (excluding diaryl/α,β-unsaturated/α-hetero) is 1. The van der Waals surface area contributed by atoms with E-state index >= 15 is 0 Å². The highest BCUT2D eigenvalue weighted by molar-refractivity contribution is 6.41. The van der Waals surface area contributed by atoms with Gasteiger partial charge in [0.1, 0.15) is 11.6 Å². The minimum atomic E-state index is -0.599. The third-order valence-electron chi connectivity index (χ3n) is 6.05. The molecule has 0 unspecified atom stereocenters. The van der Waals surface area contributed by atoms with Gasteiger partial charge in [0.05, 0.1) is 13.4 Å². The fourth-order valence-electron chi connectivity index (χ4n) is 4.58. The Morgan fingerprint density at radius 3 is 2.83 bits per heavy atom. The Balaban J connectivity index is 1.42. The lowest BCUT2D eigenvalue weighted by molar-refractivity contribution is -0.126. The summed E-state index contributed by atoms with van der Waals surface area (Å²) in [6, 6.07) is 7.90. The number of benzene rings is 1. The maximum atomic E-state index is 14.2. The van der Waals surface area contributed by atoms with Crippen molar-refractivity contribution in [2.24, 2.45) is 5.41 Å². The zero-order chi connectivity index (χ0) is 20.4. The van der Waals surface area contributed by atoms with Crippen LogP contribution in [0.4, 0.5) is 4.39 Å². The first-order valence-corrected chi connectivity index (χ1v) is 9.92. The zero-order valence-electron chi connectivity index (χ0n) is 16.5. The normalized spacial score (nSPS) is 22.2. The van der Waals surface area contributed by atoms with Crippen LogP contribution in [0, 0.1) is 11.2 Å². The van der Waals surface area contributed by atoms with Crippen LogP contribution in [-0.2, 0) is 11.3 Å². The lowest BCUT2D eigenvalue weighted by Crippen LogP contribution is -2.45. The Morgan fingerprint density at radius 2 is 2.07 bits per heavy atom. The predicted molar refractivity (Wildman–Crippen MR) is 104 cm³/mol. The van der Waals surface area contributed by atoms with Gasteiger partial charge in [0.2, 0.25) is 0 Å². The van der Waals surface area contributed by atoms with Crippen LogP contribution in [0.3, 0.4) is 0 Å². The number of ketones is 1. The summed E-state index contributed by atoms with van der Waals surface area (Å²) in [5.74, 6) is -0.624. The van der Waals surface area contributed by atoms with Crippen LogP contribution in [0.25, 0.3) is 0 Å². The van der Waals surface area contributed by atoms with Gasteiger partial charge in [-0.05, 0) is 56.1 Å². The van der Waals surface area contributed by atoms with Gasteiger partial charge in [0.15, 0.2) is 5.76 Å². The fourth-order valence-corrected chi connectivity index (χ4v) is 4.58. The Morgan fingerprint density at radius 1 is 1.21 bits per heavy atom. The van der Waals surface area contributed by atoms with Gasteiger partial charge in [0.25, 0.3) is 11.7 Å². The SMILES string of the molecule is COc1ccc(F)c(CN2CCC[C@@]3(CCN(C(=O)C(=O)c4ccco4)C3)C2)c1. The molecule has 1 amide bonds. The molecule has 1 spiro atoms. The van der Waals surface area contributed by atoms with Crippen molar-refractivity contribution in [3.8, 4) is 5.75 Å². The summed E-state index contributed by atoms with van der Waals surface area (Å²) in [6.45, 7) is 3.28. The van der Waals surface area contributed by atoms with Gasteiger partial charge in [-0.2, -0.15) is 0 Å². The molecule has 2 saturated heterocycles. The van der Waals surface area contributed by atoms with E-state index in [9.17, 15) is 14.0 Å². The second-order valence-corrected chi connectivity index (χ2v) is 8.05. The Kier molecular flexibility index (Phi) is 5.41. The molecule has 0 N–H and O–H groups in total. The van der Waals surface area contributed by atoms with E-state index in [4.69, 9.17) is 9.15 Å². The highest BCUT2D eigenvalue weighted by Crippen LogP contribution is 2.39. The molecular formula is C22H25FN2O4. The maximum Gasteiger partial charge on any atom is 0.298 e. The minimum absolute atomic E-state index is 0.0489. The van der Waals surface area contributed by atoms with Crippen LogP contribution < -0.4 is 4.74 Å². The molecule has 0 saturated carbocycles. The molecule has 29 heavy (non-hydrogen) atoms. The van der Waals surface area contributed by atoms with Gasteiger partial charge in [-0.1, -0.05) is 0 Å². The van der Waals surface area contributed by atoms with E-state index in [0.29, 0.717) is 30.9 Å². The Bertz CT molecular complexity index is 898. The lowest BCUT2D eigenvalue weighted by Gasteiger charge is -2.40. The smallest absolute Gasteiger partial charge is 0.298 e. The number of likely N-dealkylation sites (tertiary alicyclic amines) is 2. The first-order valence-electron chi connectivity index (χ1n) is 9.92. The average molecular weight is 400 g/mol. The van der Waals surface area contributed by atoms with Crippen molar-refractivity contribution in [1.82, 2.24) is 9.80 Å². The minimum Gasteiger partial charge on any atom is -0.497 e. The van der Waals surface area contributed by atoms with Crippen molar-refractivity contribution in [3.63, 3.8) is 0 Å². The highest BCUT2D eigenvalue weighted by atomic mass is 19.1. The molecule has 2 aromatic rings. The number of methoxy groups -OCH3 is 1. The average Bonchev–Trinajstić information content (AvgIpc) is 3.39. The van der Waals surface area contributed by atoms with Gasteiger partial charge in [-0.3, -0.25) is 14.5 Å². The van der Waals surface area contributed by atoms with Crippen LogP contribution in [0.5, 0.6) is 5.75 Å². The lowest BCUT2D eigenvalue weighted by atomic mass is 9.79. The third kappa shape index (κ3) is 4.05. The maximum absolute atomic E-state index is 14.2. The molecule has 1 aromatic carbocycles. The first kappa shape index (κ1) is 19.6. The van der Waals surface area contributed by atoms with Gasteiger partial charge < -0.3 is 14.1 Å². The van der Waals surface area contributed by atoms with E-state index in [0.717, 1.165) is 32.4 Å². The second kappa shape index (κ2) is 7.99. The number of rotatable bonds is 5. The van der Waals surface area contributed by atoms with Crippen LogP contribution in [0.15, 0.2) is 41.0 Å². The van der Waals surface area contributed by atoms with Crippen molar-refractivity contribution in [1.29, 1.82) is 0 Å². The molecule has 2 aliphatic rings. The molecule has 1 aromatic heterocycles. The number of furan rings is 1. The summed E-state index contributed by atoms with van der Waals surface area (Å²) in [7, 11) is 1.57. The number of carbonyl (C=O) groups excluding carboxylic acids is 2. The zero-order valence-corrected chi connectivity index (χ0v) is 16.5. The van der Waals surface area contributed by atoms with E-state index in [1.807, 2.05) is 0 Å². The van der Waals surface area contributed by atoms with Gasteiger partial charge in [-0.15, -0.1) is 0 Å². The largest absolute Gasteiger partial charge is 0.497 e. The highest BCUT2D eigenvalue weighted by Gasteiger charge is 2.44. The molecule has 1 atom stereocenters. The summed E-state index contributed by atoms with van der Waals surface area (Å²) in [6.07, 6.45) is 4.23. The summed E-state index contributed by atoms with van der Waals surface area (Å²) >= 11 is 0. The molecule has 7 heteroatoms. The number of nitrogens with zero attached hydrogens (tertiary/aromatic N) is 2. The van der Waals surface area contributed by atoms with Crippen LogP contribution in [-0.4, -0.2) is 54.8 Å². The summed E-state index contributed by atoms with van der Waals surface area (Å²) < 4.78 is 24.5. The summed E-state index contributed by atoms with van der Waals surface area (Å²) in [4.78, 5) is 28.8. The molecular weight excluding hydrogens is 375 g/mol. The van der Waals surface area contributed by atoms with Crippen molar-refractivity contribution in [2.75, 3.05) is 33.3 Å². The Labute approximate surface area is 169 Å². The summed E-state index contributed by atoms with van der Waals surface area (Å²) in [5.41, 5.74) is 0.563. The molecule has 154 valence electrons. The summed E-state index contributed by atoms with van der Waals surface area (Å²) in [5, 5.41) is 0. The molecule has 0 bridgehead atoms. The van der Waals surface area contributed by atoms with E-state index < -0.39 is 11.7 Å². The van der Waals surface area contributed by atoms with Crippen LogP contribution >= 0.6 is 0 Å². The topological polar surface area (TPSA) is 63.0 Å². The van der Waals surface area contributed by atoms with Crippen LogP contribution in [0.2, 0.25) is 0 Å². The number of hydrogen-bond acceptors (Lipinski definition) is 5. The number of amides is 1. The van der Waals surface area contributed by atoms with Crippen molar-refractivity contribution in [3.05, 3.63) is 53.7 Å². The molecule has 2 fully saturated rings. The van der Waals surface area contributed by atoms with E-state index in [-0.39, 0.29) is 17.0 Å². The number of hydrogen-bond donors (Lipinski definition) is 0. The predicted octanol–water partition coefficient (Wildman–Crippen LogP) is 3.12. The molecule has 6 nitrogen and oxygen atoms in total. The van der Waals surface area contributed by atoms with Crippen molar-refractivity contribution < 1.29 is 23.1 Å². The second-order valence-electron chi connectivity index (χ2n) is 8.05. The number of ether oxygens (including phenoxy) is 1. The van der Waals surface area contributed by atoms with Gasteiger partial charge >= 0.3 is 0 Å². The quantitative estimate of drug-likeness (QED) is 0.570. The fraction of sp³-hybridized carbons (Fsp3) is 0.455. The molecule has 0 aliphatic carbocycles. The number of carbonyl (C=O) groups is 2. The molecule has 4 rings (SSSR count). The third-order valence-corrected chi connectivity index (χ3v) is 6.05. The van der Waals surface area contributed by atoms with Gasteiger partial charge in [-0.25, -0.2) is 4.39 Å². The molecule has 2 aliphatic heterocycles. The van der Waals surface area contributed by atoms with E-state index in [1.54, 1.807) is 30.2 Å².